The van der Waals surface area contributed by atoms with Crippen LogP contribution in [0.25, 0.3) is 22.3 Å². The molecule has 8 heteroatoms. The topological polar surface area (TPSA) is 111 Å². The van der Waals surface area contributed by atoms with Crippen LogP contribution in [0.4, 0.5) is 0 Å². The molecule has 0 unspecified atom stereocenters. The SMILES string of the molecule is CCc1ccc(O)c2c(OC)c3c(nc12)-c1cc2c(c(=O)n1C3)COC(=O)[C@]2(O)CC. The number of cyclic esters (lactones) is 1. The van der Waals surface area contributed by atoms with Crippen LogP contribution in [-0.4, -0.2) is 32.8 Å². The van der Waals surface area contributed by atoms with Crippen LogP contribution in [0.1, 0.15) is 42.5 Å². The molecule has 2 aliphatic rings. The summed E-state index contributed by atoms with van der Waals surface area (Å²) in [6.45, 7) is 3.69. The first-order valence-electron chi connectivity index (χ1n) is 10.2. The predicted molar refractivity (Wildman–Crippen MR) is 112 cm³/mol. The van der Waals surface area contributed by atoms with Crippen LogP contribution < -0.4 is 10.3 Å². The van der Waals surface area contributed by atoms with E-state index in [4.69, 9.17) is 14.5 Å². The van der Waals surface area contributed by atoms with Crippen LogP contribution in [0, 0.1) is 0 Å². The summed E-state index contributed by atoms with van der Waals surface area (Å²) in [6.07, 6.45) is 0.779. The minimum Gasteiger partial charge on any atom is -0.507 e. The summed E-state index contributed by atoms with van der Waals surface area (Å²) < 4.78 is 12.3. The summed E-state index contributed by atoms with van der Waals surface area (Å²) in [5, 5.41) is 22.0. The van der Waals surface area contributed by atoms with E-state index >= 15 is 0 Å². The van der Waals surface area contributed by atoms with E-state index < -0.39 is 11.6 Å². The highest BCUT2D eigenvalue weighted by atomic mass is 16.6. The number of aromatic nitrogens is 2. The van der Waals surface area contributed by atoms with Crippen molar-refractivity contribution in [3.63, 3.8) is 0 Å². The zero-order chi connectivity index (χ0) is 22.1. The molecule has 1 atom stereocenters. The highest BCUT2D eigenvalue weighted by Crippen LogP contribution is 2.45. The fourth-order valence-electron chi connectivity index (χ4n) is 4.69. The number of rotatable bonds is 3. The third-order valence-corrected chi connectivity index (χ3v) is 6.44. The van der Waals surface area contributed by atoms with Gasteiger partial charge in [0.2, 0.25) is 0 Å². The van der Waals surface area contributed by atoms with Gasteiger partial charge in [0, 0.05) is 11.1 Å². The normalized spacial score (nSPS) is 19.0. The molecule has 0 fully saturated rings. The van der Waals surface area contributed by atoms with Gasteiger partial charge in [-0.15, -0.1) is 0 Å². The van der Waals surface area contributed by atoms with Crippen molar-refractivity contribution in [1.29, 1.82) is 0 Å². The van der Waals surface area contributed by atoms with Crippen LogP contribution in [0.2, 0.25) is 0 Å². The lowest BCUT2D eigenvalue weighted by Crippen LogP contribution is -2.44. The molecule has 8 nitrogen and oxygen atoms in total. The molecule has 160 valence electrons. The number of phenolic OH excluding ortho intramolecular Hbond substituents is 1. The Morgan fingerprint density at radius 1 is 1.26 bits per heavy atom. The number of carbonyl (C=O) groups excluding carboxylic acids is 1. The van der Waals surface area contributed by atoms with Gasteiger partial charge in [-0.2, -0.15) is 0 Å². The van der Waals surface area contributed by atoms with Gasteiger partial charge in [-0.25, -0.2) is 9.78 Å². The van der Waals surface area contributed by atoms with E-state index in [1.165, 1.54) is 7.11 Å². The van der Waals surface area contributed by atoms with Crippen molar-refractivity contribution < 1.29 is 24.5 Å². The smallest absolute Gasteiger partial charge is 0.343 e. The highest BCUT2D eigenvalue weighted by Gasteiger charge is 2.45. The van der Waals surface area contributed by atoms with Gasteiger partial charge in [-0.3, -0.25) is 4.79 Å². The van der Waals surface area contributed by atoms with Gasteiger partial charge < -0.3 is 24.3 Å². The number of hydrogen-bond acceptors (Lipinski definition) is 7. The number of phenols is 1. The molecule has 0 saturated carbocycles. The molecule has 0 radical (unpaired) electrons. The van der Waals surface area contributed by atoms with E-state index in [1.807, 2.05) is 13.0 Å². The minimum absolute atomic E-state index is 0.0568. The van der Waals surface area contributed by atoms with Crippen molar-refractivity contribution in [3.8, 4) is 22.9 Å². The Morgan fingerprint density at radius 2 is 2.03 bits per heavy atom. The molecule has 5 rings (SSSR count). The first-order chi connectivity index (χ1) is 14.8. The lowest BCUT2D eigenvalue weighted by atomic mass is 9.86. The second-order valence-corrected chi connectivity index (χ2v) is 7.90. The fourth-order valence-corrected chi connectivity index (χ4v) is 4.69. The van der Waals surface area contributed by atoms with Gasteiger partial charge in [0.25, 0.3) is 5.56 Å². The average Bonchev–Trinajstić information content (AvgIpc) is 3.14. The second kappa shape index (κ2) is 6.55. The summed E-state index contributed by atoms with van der Waals surface area (Å²) in [6, 6.07) is 5.10. The number of ether oxygens (including phenoxy) is 2. The Labute approximate surface area is 177 Å². The maximum absolute atomic E-state index is 13.3. The molecule has 31 heavy (non-hydrogen) atoms. The Bertz CT molecular complexity index is 1340. The van der Waals surface area contributed by atoms with Crippen LogP contribution in [-0.2, 0) is 34.7 Å². The number of carbonyl (C=O) groups is 1. The van der Waals surface area contributed by atoms with Gasteiger partial charge in [-0.05, 0) is 30.5 Å². The summed E-state index contributed by atoms with van der Waals surface area (Å²) >= 11 is 0. The zero-order valence-corrected chi connectivity index (χ0v) is 17.5. The van der Waals surface area contributed by atoms with E-state index in [9.17, 15) is 19.8 Å². The summed E-state index contributed by atoms with van der Waals surface area (Å²) in [5.74, 6) is -0.236. The number of pyridine rings is 2. The number of esters is 1. The van der Waals surface area contributed by atoms with E-state index in [0.717, 1.165) is 5.56 Å². The Kier molecular flexibility index (Phi) is 4.14. The van der Waals surface area contributed by atoms with Crippen molar-refractivity contribution in [2.24, 2.45) is 0 Å². The fraction of sp³-hybridized carbons (Fsp3) is 0.348. The van der Waals surface area contributed by atoms with E-state index in [-0.39, 0.29) is 42.0 Å². The maximum atomic E-state index is 13.3. The molecule has 0 aliphatic carbocycles. The van der Waals surface area contributed by atoms with Crippen LogP contribution in [0.3, 0.4) is 0 Å². The Hall–Kier alpha value is -3.39. The van der Waals surface area contributed by atoms with Crippen LogP contribution in [0.15, 0.2) is 23.0 Å². The molecule has 2 N–H and O–H groups in total. The number of aliphatic hydroxyl groups is 1. The van der Waals surface area contributed by atoms with Crippen molar-refractivity contribution >= 4 is 16.9 Å². The minimum atomic E-state index is -1.88. The van der Waals surface area contributed by atoms with Gasteiger partial charge in [0.05, 0.1) is 41.5 Å². The number of fused-ring (bicyclic) bond motifs is 5. The van der Waals surface area contributed by atoms with Gasteiger partial charge >= 0.3 is 5.97 Å². The standard InChI is InChI=1S/C23H22N2O6/c1-4-11-6-7-16(26)17-18(11)24-19-12(20(17)30-3)9-25-15(19)8-14-13(21(25)27)10-31-22(28)23(14,29)5-2/h6-8,26,29H,4-5,9-10H2,1-3H3/t23-/m0/s1. The number of hydrogen-bond donors (Lipinski definition) is 2. The van der Waals surface area contributed by atoms with Crippen molar-refractivity contribution in [2.75, 3.05) is 7.11 Å². The third-order valence-electron chi connectivity index (χ3n) is 6.44. The Balaban J connectivity index is 1.87. The molecule has 0 saturated heterocycles. The number of benzene rings is 1. The lowest BCUT2D eigenvalue weighted by Gasteiger charge is -2.31. The average molecular weight is 422 g/mol. The van der Waals surface area contributed by atoms with Crippen molar-refractivity contribution in [2.45, 2.75) is 45.4 Å². The molecular formula is C23H22N2O6. The first kappa shape index (κ1) is 19.6. The molecule has 0 spiro atoms. The van der Waals surface area contributed by atoms with E-state index in [1.54, 1.807) is 23.6 Å². The number of nitrogens with zero attached hydrogens (tertiary/aromatic N) is 2. The van der Waals surface area contributed by atoms with Gasteiger partial charge in [-0.1, -0.05) is 19.9 Å². The van der Waals surface area contributed by atoms with Crippen molar-refractivity contribution in [3.05, 3.63) is 50.8 Å². The monoisotopic (exact) mass is 422 g/mol. The third kappa shape index (κ3) is 2.42. The van der Waals surface area contributed by atoms with Gasteiger partial charge in [0.1, 0.15) is 18.1 Å². The van der Waals surface area contributed by atoms with E-state index in [0.29, 0.717) is 40.0 Å². The molecule has 4 heterocycles. The zero-order valence-electron chi connectivity index (χ0n) is 17.5. The second-order valence-electron chi connectivity index (χ2n) is 7.90. The van der Waals surface area contributed by atoms with E-state index in [2.05, 4.69) is 0 Å². The number of aromatic hydroxyl groups is 1. The lowest BCUT2D eigenvalue weighted by molar-refractivity contribution is -0.172. The quantitative estimate of drug-likeness (QED) is 0.488. The molecule has 1 aromatic carbocycles. The molecule has 2 aromatic heterocycles. The van der Waals surface area contributed by atoms with Gasteiger partial charge in [0.15, 0.2) is 5.60 Å². The largest absolute Gasteiger partial charge is 0.507 e. The number of aryl methyl sites for hydroxylation is 1. The summed E-state index contributed by atoms with van der Waals surface area (Å²) in [4.78, 5) is 30.5. The maximum Gasteiger partial charge on any atom is 0.343 e. The number of methoxy groups -OCH3 is 1. The Morgan fingerprint density at radius 3 is 2.71 bits per heavy atom. The molecule has 0 amide bonds. The molecule has 0 bridgehead atoms. The molecule has 2 aliphatic heterocycles. The van der Waals surface area contributed by atoms with Crippen LogP contribution >= 0.6 is 0 Å². The molecule has 3 aromatic rings. The molecular weight excluding hydrogens is 400 g/mol. The van der Waals surface area contributed by atoms with Crippen LogP contribution in [0.5, 0.6) is 11.5 Å². The first-order valence-corrected chi connectivity index (χ1v) is 10.2. The summed E-state index contributed by atoms with van der Waals surface area (Å²) in [7, 11) is 1.52. The van der Waals surface area contributed by atoms with Crippen molar-refractivity contribution in [1.82, 2.24) is 9.55 Å². The predicted octanol–water partition coefficient (Wildman–Crippen LogP) is 2.36. The summed E-state index contributed by atoms with van der Waals surface area (Å²) in [5.41, 5.74) is 1.57. The highest BCUT2D eigenvalue weighted by molar-refractivity contribution is 5.97.